The Morgan fingerprint density at radius 1 is 1.04 bits per heavy atom. The van der Waals surface area contributed by atoms with Crippen LogP contribution in [-0.4, -0.2) is 117 Å². The quantitative estimate of drug-likeness (QED) is 0.198. The molecule has 0 radical (unpaired) electrons. The molecule has 6 saturated heterocycles. The predicted octanol–water partition coefficient (Wildman–Crippen LogP) is 3.70. The number of hydrogen-bond donors (Lipinski definition) is 0. The van der Waals surface area contributed by atoms with Gasteiger partial charge >= 0.3 is 11.9 Å². The molecule has 11 heteroatoms. The van der Waals surface area contributed by atoms with Crippen molar-refractivity contribution >= 4 is 34.7 Å². The number of ether oxygens (including phenoxy) is 4. The Morgan fingerprint density at radius 3 is 2.53 bits per heavy atom. The summed E-state index contributed by atoms with van der Waals surface area (Å²) in [6, 6.07) is 4.58. The van der Waals surface area contributed by atoms with Gasteiger partial charge in [0.05, 0.1) is 56.4 Å². The second-order valence-corrected chi connectivity index (χ2v) is 17.5. The highest BCUT2D eigenvalue weighted by molar-refractivity contribution is 6.37. The van der Waals surface area contributed by atoms with Gasteiger partial charge in [-0.25, -0.2) is 0 Å². The summed E-state index contributed by atoms with van der Waals surface area (Å²) >= 11 is 0. The van der Waals surface area contributed by atoms with E-state index in [4.69, 9.17) is 23.9 Å². The first-order chi connectivity index (χ1) is 25.5. The molecule has 12 rings (SSSR count). The molecule has 2 saturated carbocycles. The smallest absolute Gasteiger partial charge is 0.310 e. The molecular formula is C42H48N4O7. The topological polar surface area (TPSA) is 114 Å². The molecule has 1 aromatic carbocycles. The first-order valence-electron chi connectivity index (χ1n) is 19.6. The van der Waals surface area contributed by atoms with Gasteiger partial charge in [0, 0.05) is 66.9 Å². The van der Waals surface area contributed by atoms with Crippen molar-refractivity contribution in [1.82, 2.24) is 9.80 Å². The van der Waals surface area contributed by atoms with Crippen molar-refractivity contribution < 1.29 is 33.3 Å². The lowest BCUT2D eigenvalue weighted by Crippen LogP contribution is -2.76. The van der Waals surface area contributed by atoms with E-state index in [0.29, 0.717) is 16.9 Å². The summed E-state index contributed by atoms with van der Waals surface area (Å²) in [4.78, 5) is 55.7. The predicted molar refractivity (Wildman–Crippen MR) is 196 cm³/mol. The second-order valence-electron chi connectivity index (χ2n) is 17.5. The molecule has 7 bridgehead atoms. The summed E-state index contributed by atoms with van der Waals surface area (Å²) in [7, 11) is 6.80. The Kier molecular flexibility index (Phi) is 6.33. The van der Waals surface area contributed by atoms with Gasteiger partial charge in [-0.2, -0.15) is 0 Å². The van der Waals surface area contributed by atoms with Crippen LogP contribution in [0.4, 0.5) is 5.69 Å². The normalized spacial score (nSPS) is 45.5. The standard InChI is InChI=1S/C42H48N4O7/c1-7-22-19-46-13-11-40-26-17-32(47)24(15-29(26)43-42(40,46)9-8-23(22)34(40)37(48)51-5)25-14-27-30(18-33(25)50-4)44(3)36-31-16-28-35(38(49)52-6)39(27,36)10-12-45(31)20-41(28)21(2)53-41/h7,14-15,17-18,21,23,28,31,34-36H,8-13,16,19-20H2,1-6H3/t21-,23+,28-,31+,34+,35+,36+,39+,40+,41-,42+/m1/s1. The van der Waals surface area contributed by atoms with Gasteiger partial charge in [0.2, 0.25) is 0 Å². The number of rotatable bonds is 4. The Labute approximate surface area is 310 Å². The number of epoxide rings is 1. The van der Waals surface area contributed by atoms with Gasteiger partial charge in [-0.15, -0.1) is 0 Å². The zero-order valence-electron chi connectivity index (χ0n) is 31.4. The second kappa shape index (κ2) is 10.3. The molecule has 8 fully saturated rings. The third-order valence-electron chi connectivity index (χ3n) is 16.4. The number of piperidine rings is 2. The molecule has 11 nitrogen and oxygen atoms in total. The Hall–Kier alpha value is -3.80. The van der Waals surface area contributed by atoms with Crippen molar-refractivity contribution in [2.45, 2.75) is 80.8 Å². The molecule has 278 valence electrons. The zero-order chi connectivity index (χ0) is 36.6. The van der Waals surface area contributed by atoms with Crippen LogP contribution < -0.4 is 9.64 Å². The number of benzene rings is 1. The lowest BCUT2D eigenvalue weighted by atomic mass is 9.48. The van der Waals surface area contributed by atoms with E-state index < -0.39 is 22.4 Å². The third-order valence-corrected chi connectivity index (χ3v) is 16.4. The number of esters is 2. The van der Waals surface area contributed by atoms with Crippen LogP contribution in [0.2, 0.25) is 0 Å². The number of hydrogen-bond acceptors (Lipinski definition) is 11. The average Bonchev–Trinajstić information content (AvgIpc) is 3.51. The minimum Gasteiger partial charge on any atom is -0.496 e. The fraction of sp³-hybridized carbons (Fsp3) is 0.619. The van der Waals surface area contributed by atoms with Crippen LogP contribution in [-0.2, 0) is 34.0 Å². The molecule has 0 aromatic heterocycles. The van der Waals surface area contributed by atoms with Gasteiger partial charge in [-0.1, -0.05) is 11.6 Å². The molecular weight excluding hydrogens is 672 g/mol. The van der Waals surface area contributed by atoms with Gasteiger partial charge in [0.25, 0.3) is 0 Å². The van der Waals surface area contributed by atoms with Gasteiger partial charge in [-0.3, -0.25) is 29.2 Å². The maximum Gasteiger partial charge on any atom is 0.310 e. The number of allylic oxidation sites excluding steroid dienone is 4. The van der Waals surface area contributed by atoms with Crippen LogP contribution in [0, 0.1) is 29.1 Å². The minimum atomic E-state index is -0.628. The summed E-state index contributed by atoms with van der Waals surface area (Å²) in [6.45, 7) is 7.50. The van der Waals surface area contributed by atoms with Crippen LogP contribution in [0.25, 0.3) is 5.57 Å². The molecule has 8 heterocycles. The molecule has 0 amide bonds. The van der Waals surface area contributed by atoms with Crippen molar-refractivity contribution in [1.29, 1.82) is 0 Å². The molecule has 53 heavy (non-hydrogen) atoms. The SMILES string of the molecule is CC=C1CN2CC[C@@]34C5=CC(=O)C(c6cc7c(cc6OC)N(C)[C@H]6[C@@H]8C[C@@H]9[C@@H](C(=O)OC)[C@]76CCN8C[C@]96O[C@@H]6C)=CC5=N[C@@]23CC[C@@H]1[C@H]4C(=O)OC. The van der Waals surface area contributed by atoms with E-state index in [0.717, 1.165) is 80.8 Å². The van der Waals surface area contributed by atoms with Crippen LogP contribution >= 0.6 is 0 Å². The Morgan fingerprint density at radius 2 is 1.81 bits per heavy atom. The molecule has 1 unspecified atom stereocenters. The van der Waals surface area contributed by atoms with E-state index in [1.54, 1.807) is 13.2 Å². The summed E-state index contributed by atoms with van der Waals surface area (Å²) in [6.07, 6.45) is 10.2. The van der Waals surface area contributed by atoms with E-state index in [1.807, 2.05) is 6.08 Å². The van der Waals surface area contributed by atoms with Crippen LogP contribution in [0.1, 0.15) is 57.1 Å². The highest BCUT2D eigenvalue weighted by atomic mass is 16.6. The van der Waals surface area contributed by atoms with Crippen molar-refractivity contribution in [3.8, 4) is 5.75 Å². The molecule has 3 aliphatic carbocycles. The number of ketones is 1. The number of fused-ring (bicyclic) bond motifs is 6. The van der Waals surface area contributed by atoms with E-state index in [9.17, 15) is 14.4 Å². The maximum absolute atomic E-state index is 14.7. The highest BCUT2D eigenvalue weighted by Gasteiger charge is 2.77. The van der Waals surface area contributed by atoms with Crippen LogP contribution in [0.5, 0.6) is 5.75 Å². The number of methoxy groups -OCH3 is 3. The monoisotopic (exact) mass is 720 g/mol. The number of likely N-dealkylation sites (N-methyl/N-ethyl adjacent to an activating group) is 1. The summed E-state index contributed by atoms with van der Waals surface area (Å²) in [5.74, 6) is -0.583. The molecule has 11 aliphatic rings. The first kappa shape index (κ1) is 32.6. The fourth-order valence-electron chi connectivity index (χ4n) is 14.4. The largest absolute Gasteiger partial charge is 0.496 e. The average molecular weight is 721 g/mol. The molecule has 0 N–H and O–H groups in total. The lowest BCUT2D eigenvalue weighted by molar-refractivity contribution is -0.169. The number of carbonyl (C=O) groups is 3. The molecule has 8 aliphatic heterocycles. The summed E-state index contributed by atoms with van der Waals surface area (Å²) in [5, 5.41) is 0. The van der Waals surface area contributed by atoms with Crippen LogP contribution in [0.15, 0.2) is 46.5 Å². The Balaban J connectivity index is 1.08. The molecule has 2 spiro atoms. The van der Waals surface area contributed by atoms with Gasteiger partial charge in [0.15, 0.2) is 5.78 Å². The summed E-state index contributed by atoms with van der Waals surface area (Å²) in [5.41, 5.74) is 4.22. The van der Waals surface area contributed by atoms with E-state index >= 15 is 0 Å². The number of carbonyl (C=O) groups excluding carboxylic acids is 3. The fourth-order valence-corrected chi connectivity index (χ4v) is 14.4. The van der Waals surface area contributed by atoms with Crippen molar-refractivity contribution in [2.75, 3.05) is 59.5 Å². The van der Waals surface area contributed by atoms with Crippen LogP contribution in [0.3, 0.4) is 0 Å². The Bertz CT molecular complexity index is 2070. The molecule has 12 atom stereocenters. The number of aliphatic imine (C=N–C) groups is 1. The van der Waals surface area contributed by atoms with E-state index in [1.165, 1.54) is 19.8 Å². The van der Waals surface area contributed by atoms with E-state index in [2.05, 4.69) is 53.8 Å². The third kappa shape index (κ3) is 3.47. The first-order valence-corrected chi connectivity index (χ1v) is 19.6. The number of nitrogens with zero attached hydrogens (tertiary/aromatic N) is 4. The zero-order valence-corrected chi connectivity index (χ0v) is 31.4. The van der Waals surface area contributed by atoms with Crippen molar-refractivity contribution in [3.05, 3.63) is 52.6 Å². The number of anilines is 1. The summed E-state index contributed by atoms with van der Waals surface area (Å²) < 4.78 is 23.7. The molecule has 1 aromatic rings. The lowest BCUT2D eigenvalue weighted by Gasteiger charge is -2.64. The minimum absolute atomic E-state index is 0.0407. The van der Waals surface area contributed by atoms with Gasteiger partial charge in [-0.05, 0) is 87.8 Å². The maximum atomic E-state index is 14.7. The van der Waals surface area contributed by atoms with Crippen molar-refractivity contribution in [3.63, 3.8) is 0 Å². The van der Waals surface area contributed by atoms with E-state index in [-0.39, 0.29) is 59.3 Å². The van der Waals surface area contributed by atoms with Gasteiger partial charge < -0.3 is 23.8 Å². The van der Waals surface area contributed by atoms with Gasteiger partial charge in [0.1, 0.15) is 17.0 Å². The highest BCUT2D eigenvalue weighted by Crippen LogP contribution is 2.71. The van der Waals surface area contributed by atoms with Crippen molar-refractivity contribution in [2.24, 2.45) is 34.1 Å².